The zero-order valence-corrected chi connectivity index (χ0v) is 12.8. The number of piperazine rings is 1. The van der Waals surface area contributed by atoms with E-state index in [1.165, 1.54) is 18.9 Å². The second kappa shape index (κ2) is 6.29. The maximum absolute atomic E-state index is 12.0. The lowest BCUT2D eigenvalue weighted by Gasteiger charge is -2.35. The summed E-state index contributed by atoms with van der Waals surface area (Å²) in [6, 6.07) is 2.14. The van der Waals surface area contributed by atoms with Crippen molar-refractivity contribution in [2.24, 2.45) is 0 Å². The molecule has 1 aliphatic heterocycles. The molecule has 1 N–H and O–H groups in total. The average molecular weight is 303 g/mol. The van der Waals surface area contributed by atoms with Gasteiger partial charge in [-0.25, -0.2) is 0 Å². The van der Waals surface area contributed by atoms with Gasteiger partial charge >= 0.3 is 0 Å². The van der Waals surface area contributed by atoms with Gasteiger partial charge in [-0.1, -0.05) is 0 Å². The van der Waals surface area contributed by atoms with Gasteiger partial charge in [0.2, 0.25) is 11.8 Å². The van der Waals surface area contributed by atoms with E-state index in [0.29, 0.717) is 13.1 Å². The molecule has 22 heavy (non-hydrogen) atoms. The third-order valence-corrected chi connectivity index (χ3v) is 4.25. The summed E-state index contributed by atoms with van der Waals surface area (Å²) in [5.41, 5.74) is 2.45. The van der Waals surface area contributed by atoms with Crippen LogP contribution in [-0.2, 0) is 22.4 Å². The van der Waals surface area contributed by atoms with Crippen molar-refractivity contribution in [3.05, 3.63) is 17.3 Å². The van der Waals surface area contributed by atoms with E-state index in [4.69, 9.17) is 0 Å². The van der Waals surface area contributed by atoms with Crippen molar-refractivity contribution in [3.8, 4) is 0 Å². The molecule has 2 heterocycles. The number of nitrogens with zero attached hydrogens (tertiary/aromatic N) is 4. The van der Waals surface area contributed by atoms with Crippen molar-refractivity contribution >= 4 is 17.6 Å². The van der Waals surface area contributed by atoms with Gasteiger partial charge in [0.1, 0.15) is 0 Å². The number of hydrogen-bond donors (Lipinski definition) is 1. The van der Waals surface area contributed by atoms with Gasteiger partial charge in [0.15, 0.2) is 5.82 Å². The minimum absolute atomic E-state index is 0.0325. The number of nitrogens with one attached hydrogen (secondary N) is 1. The van der Waals surface area contributed by atoms with E-state index in [-0.39, 0.29) is 18.4 Å². The summed E-state index contributed by atoms with van der Waals surface area (Å²) >= 11 is 0. The van der Waals surface area contributed by atoms with Gasteiger partial charge in [-0.15, -0.1) is 5.10 Å². The van der Waals surface area contributed by atoms with Crippen molar-refractivity contribution < 1.29 is 9.59 Å². The minimum atomic E-state index is -0.180. The molecule has 7 nitrogen and oxygen atoms in total. The molecule has 0 spiro atoms. The van der Waals surface area contributed by atoms with E-state index in [1.54, 1.807) is 4.90 Å². The minimum Gasteiger partial charge on any atom is -0.352 e. The third-order valence-electron chi connectivity index (χ3n) is 4.25. The van der Waals surface area contributed by atoms with Crippen LogP contribution in [0.25, 0.3) is 0 Å². The summed E-state index contributed by atoms with van der Waals surface area (Å²) in [7, 11) is 0. The second-order valence-electron chi connectivity index (χ2n) is 5.81. The van der Waals surface area contributed by atoms with E-state index >= 15 is 0 Å². The maximum Gasteiger partial charge on any atom is 0.242 e. The molecule has 7 heteroatoms. The highest BCUT2D eigenvalue weighted by Crippen LogP contribution is 2.23. The number of anilines is 1. The van der Waals surface area contributed by atoms with Gasteiger partial charge in [-0.2, -0.15) is 5.10 Å². The zero-order valence-electron chi connectivity index (χ0n) is 12.8. The first-order valence-electron chi connectivity index (χ1n) is 7.76. The van der Waals surface area contributed by atoms with E-state index in [0.717, 1.165) is 37.4 Å². The number of aryl methyl sites for hydroxylation is 2. The Kier molecular flexibility index (Phi) is 4.22. The monoisotopic (exact) mass is 303 g/mol. The van der Waals surface area contributed by atoms with Crippen molar-refractivity contribution in [1.82, 2.24) is 20.4 Å². The van der Waals surface area contributed by atoms with Crippen molar-refractivity contribution in [2.75, 3.05) is 37.6 Å². The lowest BCUT2D eigenvalue weighted by Crippen LogP contribution is -2.51. The van der Waals surface area contributed by atoms with Crippen LogP contribution in [0.3, 0.4) is 0 Å². The number of carbonyl (C=O) groups excluding carboxylic acids is 2. The van der Waals surface area contributed by atoms with Crippen LogP contribution in [0.5, 0.6) is 0 Å². The Morgan fingerprint density at radius 1 is 1.18 bits per heavy atom. The summed E-state index contributed by atoms with van der Waals surface area (Å²) in [6.45, 7) is 4.29. The Hall–Kier alpha value is -2.18. The molecule has 0 saturated carbocycles. The lowest BCUT2D eigenvalue weighted by atomic mass is 10.2. The molecule has 1 aromatic rings. The number of rotatable bonds is 3. The highest BCUT2D eigenvalue weighted by atomic mass is 16.2. The summed E-state index contributed by atoms with van der Waals surface area (Å²) in [5.74, 6) is 0.699. The van der Waals surface area contributed by atoms with Gasteiger partial charge in [-0.3, -0.25) is 9.59 Å². The molecule has 0 aromatic carbocycles. The maximum atomic E-state index is 12.0. The molecule has 1 fully saturated rings. The Bertz CT molecular complexity index is 581. The number of fused-ring (bicyclic) bond motifs is 1. The van der Waals surface area contributed by atoms with Crippen LogP contribution < -0.4 is 10.2 Å². The van der Waals surface area contributed by atoms with Crippen LogP contribution in [0.2, 0.25) is 0 Å². The average Bonchev–Trinajstić information content (AvgIpc) is 3.00. The largest absolute Gasteiger partial charge is 0.352 e. The predicted molar refractivity (Wildman–Crippen MR) is 81.5 cm³/mol. The molecule has 0 unspecified atom stereocenters. The fourth-order valence-electron chi connectivity index (χ4n) is 2.97. The van der Waals surface area contributed by atoms with Gasteiger partial charge < -0.3 is 15.1 Å². The predicted octanol–water partition coefficient (Wildman–Crippen LogP) is -0.250. The first kappa shape index (κ1) is 14.7. The van der Waals surface area contributed by atoms with Crippen LogP contribution in [0.15, 0.2) is 6.07 Å². The highest BCUT2D eigenvalue weighted by molar-refractivity contribution is 5.83. The fourth-order valence-corrected chi connectivity index (χ4v) is 2.97. The number of amides is 2. The van der Waals surface area contributed by atoms with Gasteiger partial charge in [0, 0.05) is 33.1 Å². The van der Waals surface area contributed by atoms with Crippen LogP contribution in [0.1, 0.15) is 24.6 Å². The molecule has 0 radical (unpaired) electrons. The van der Waals surface area contributed by atoms with Crippen LogP contribution in [0, 0.1) is 0 Å². The van der Waals surface area contributed by atoms with Gasteiger partial charge in [0.25, 0.3) is 0 Å². The molecule has 1 saturated heterocycles. The smallest absolute Gasteiger partial charge is 0.242 e. The molecule has 1 aromatic heterocycles. The molecular weight excluding hydrogens is 282 g/mol. The van der Waals surface area contributed by atoms with Crippen molar-refractivity contribution in [3.63, 3.8) is 0 Å². The Morgan fingerprint density at radius 3 is 2.68 bits per heavy atom. The molecule has 2 amide bonds. The molecule has 2 aliphatic rings. The Morgan fingerprint density at radius 2 is 1.95 bits per heavy atom. The Labute approximate surface area is 129 Å². The van der Waals surface area contributed by atoms with Crippen molar-refractivity contribution in [2.45, 2.75) is 26.2 Å². The molecule has 3 rings (SSSR count). The Balaban J connectivity index is 1.55. The number of hydrogen-bond acceptors (Lipinski definition) is 5. The topological polar surface area (TPSA) is 78.4 Å². The highest BCUT2D eigenvalue weighted by Gasteiger charge is 2.23. The molecule has 0 atom stereocenters. The SMILES string of the molecule is CC(=O)NCC(=O)N1CCN(c2cc3c(nn2)CCC3)CC1. The van der Waals surface area contributed by atoms with Crippen molar-refractivity contribution in [1.29, 1.82) is 0 Å². The van der Waals surface area contributed by atoms with Crippen LogP contribution in [-0.4, -0.2) is 59.6 Å². The van der Waals surface area contributed by atoms with Crippen LogP contribution in [0.4, 0.5) is 5.82 Å². The van der Waals surface area contributed by atoms with Crippen LogP contribution >= 0.6 is 0 Å². The molecule has 118 valence electrons. The normalized spacial score (nSPS) is 17.3. The number of carbonyl (C=O) groups is 2. The summed E-state index contributed by atoms with van der Waals surface area (Å²) < 4.78 is 0. The first-order chi connectivity index (χ1) is 10.6. The third kappa shape index (κ3) is 3.18. The first-order valence-corrected chi connectivity index (χ1v) is 7.76. The quantitative estimate of drug-likeness (QED) is 0.833. The summed E-state index contributed by atoms with van der Waals surface area (Å²) in [6.07, 6.45) is 3.29. The zero-order chi connectivity index (χ0) is 15.5. The molecular formula is C15H21N5O2. The summed E-state index contributed by atoms with van der Waals surface area (Å²) in [5, 5.41) is 11.2. The lowest BCUT2D eigenvalue weighted by molar-refractivity contribution is -0.132. The van der Waals surface area contributed by atoms with E-state index < -0.39 is 0 Å². The number of aromatic nitrogens is 2. The molecule has 0 bridgehead atoms. The second-order valence-corrected chi connectivity index (χ2v) is 5.81. The fraction of sp³-hybridized carbons (Fsp3) is 0.600. The summed E-state index contributed by atoms with van der Waals surface area (Å²) in [4.78, 5) is 26.8. The van der Waals surface area contributed by atoms with Gasteiger partial charge in [-0.05, 0) is 30.9 Å². The van der Waals surface area contributed by atoms with E-state index in [2.05, 4.69) is 26.5 Å². The van der Waals surface area contributed by atoms with Gasteiger partial charge in [0.05, 0.1) is 12.2 Å². The molecule has 1 aliphatic carbocycles. The standard InChI is InChI=1S/C15H21N5O2/c1-11(21)16-10-15(22)20-7-5-19(6-8-20)14-9-12-3-2-4-13(12)17-18-14/h9H,2-8,10H2,1H3,(H,16,21). The van der Waals surface area contributed by atoms with E-state index in [1.807, 2.05) is 0 Å². The van der Waals surface area contributed by atoms with E-state index in [9.17, 15) is 9.59 Å².